The summed E-state index contributed by atoms with van der Waals surface area (Å²) in [5.41, 5.74) is -0.263. The summed E-state index contributed by atoms with van der Waals surface area (Å²) in [6.45, 7) is 6.60. The third-order valence-corrected chi connectivity index (χ3v) is 4.00. The van der Waals surface area contributed by atoms with Gasteiger partial charge in [0, 0.05) is 30.3 Å². The Bertz CT molecular complexity index is 458. The smallest absolute Gasteiger partial charge is 0.132 e. The Morgan fingerprint density at radius 1 is 1.35 bits per heavy atom. The van der Waals surface area contributed by atoms with Crippen molar-refractivity contribution in [1.29, 1.82) is 0 Å². The SMILES string of the molecule is COc1ccc(C(O)C(C)(C)N2CCOCC2)c(F)c1. The second kappa shape index (κ2) is 6.08. The Hall–Kier alpha value is -1.17. The molecular formula is C15H22FNO3. The number of halogens is 1. The summed E-state index contributed by atoms with van der Waals surface area (Å²) in [5, 5.41) is 10.6. The van der Waals surface area contributed by atoms with Gasteiger partial charge in [-0.1, -0.05) is 0 Å². The molecular weight excluding hydrogens is 261 g/mol. The van der Waals surface area contributed by atoms with Crippen molar-refractivity contribution in [3.05, 3.63) is 29.6 Å². The molecule has 1 fully saturated rings. The van der Waals surface area contributed by atoms with Crippen molar-refractivity contribution in [2.45, 2.75) is 25.5 Å². The van der Waals surface area contributed by atoms with Crippen LogP contribution in [-0.4, -0.2) is 49.0 Å². The monoisotopic (exact) mass is 283 g/mol. The Kier molecular flexibility index (Phi) is 4.62. The molecule has 1 atom stereocenters. The molecule has 1 aliphatic rings. The van der Waals surface area contributed by atoms with Gasteiger partial charge in [0.2, 0.25) is 0 Å². The summed E-state index contributed by atoms with van der Waals surface area (Å²) in [6, 6.07) is 4.55. The number of morpholine rings is 1. The highest BCUT2D eigenvalue weighted by Gasteiger charge is 2.37. The third-order valence-electron chi connectivity index (χ3n) is 4.00. The van der Waals surface area contributed by atoms with Crippen molar-refractivity contribution >= 4 is 0 Å². The van der Waals surface area contributed by atoms with E-state index in [1.165, 1.54) is 13.2 Å². The van der Waals surface area contributed by atoms with Gasteiger partial charge in [0.25, 0.3) is 0 Å². The molecule has 0 aromatic heterocycles. The van der Waals surface area contributed by atoms with Crippen LogP contribution in [0.25, 0.3) is 0 Å². The van der Waals surface area contributed by atoms with E-state index in [1.807, 2.05) is 13.8 Å². The summed E-state index contributed by atoms with van der Waals surface area (Å²) < 4.78 is 24.4. The van der Waals surface area contributed by atoms with Gasteiger partial charge >= 0.3 is 0 Å². The molecule has 5 heteroatoms. The summed E-state index contributed by atoms with van der Waals surface area (Å²) in [6.07, 6.45) is -0.911. The Morgan fingerprint density at radius 2 is 2.00 bits per heavy atom. The fourth-order valence-electron chi connectivity index (χ4n) is 2.55. The van der Waals surface area contributed by atoms with Gasteiger partial charge in [-0.05, 0) is 26.0 Å². The minimum absolute atomic E-state index is 0.294. The fraction of sp³-hybridized carbons (Fsp3) is 0.600. The molecule has 0 radical (unpaired) electrons. The zero-order chi connectivity index (χ0) is 14.8. The number of benzene rings is 1. The summed E-state index contributed by atoms with van der Waals surface area (Å²) >= 11 is 0. The Labute approximate surface area is 119 Å². The van der Waals surface area contributed by atoms with E-state index in [0.29, 0.717) is 24.5 Å². The molecule has 2 rings (SSSR count). The van der Waals surface area contributed by atoms with Gasteiger partial charge < -0.3 is 14.6 Å². The lowest BCUT2D eigenvalue weighted by atomic mass is 9.88. The van der Waals surface area contributed by atoms with Crippen LogP contribution in [0.4, 0.5) is 4.39 Å². The topological polar surface area (TPSA) is 41.9 Å². The van der Waals surface area contributed by atoms with Crippen LogP contribution in [0.3, 0.4) is 0 Å². The molecule has 0 spiro atoms. The van der Waals surface area contributed by atoms with Crippen molar-refractivity contribution in [2.75, 3.05) is 33.4 Å². The lowest BCUT2D eigenvalue weighted by Crippen LogP contribution is -2.53. The van der Waals surface area contributed by atoms with Crippen LogP contribution in [-0.2, 0) is 4.74 Å². The highest BCUT2D eigenvalue weighted by Crippen LogP contribution is 2.33. The first-order valence-corrected chi connectivity index (χ1v) is 6.81. The highest BCUT2D eigenvalue weighted by molar-refractivity contribution is 5.31. The molecule has 20 heavy (non-hydrogen) atoms. The second-order valence-corrected chi connectivity index (χ2v) is 5.54. The van der Waals surface area contributed by atoms with Gasteiger partial charge in [0.05, 0.1) is 26.4 Å². The van der Waals surface area contributed by atoms with Crippen molar-refractivity contribution in [2.24, 2.45) is 0 Å². The molecule has 1 aliphatic heterocycles. The van der Waals surface area contributed by atoms with Crippen LogP contribution in [0.15, 0.2) is 18.2 Å². The van der Waals surface area contributed by atoms with Crippen LogP contribution < -0.4 is 4.74 Å². The number of hydrogen-bond donors (Lipinski definition) is 1. The molecule has 0 aliphatic carbocycles. The lowest BCUT2D eigenvalue weighted by Gasteiger charge is -2.43. The maximum Gasteiger partial charge on any atom is 0.132 e. The molecule has 4 nitrogen and oxygen atoms in total. The summed E-state index contributed by atoms with van der Waals surface area (Å²) in [4.78, 5) is 2.13. The number of aliphatic hydroxyl groups excluding tert-OH is 1. The molecule has 1 aromatic rings. The molecule has 0 bridgehead atoms. The number of ether oxygens (including phenoxy) is 2. The van der Waals surface area contributed by atoms with Gasteiger partial charge in [-0.2, -0.15) is 0 Å². The molecule has 0 amide bonds. The van der Waals surface area contributed by atoms with E-state index in [4.69, 9.17) is 9.47 Å². The van der Waals surface area contributed by atoms with E-state index in [-0.39, 0.29) is 0 Å². The molecule has 1 heterocycles. The van der Waals surface area contributed by atoms with E-state index >= 15 is 0 Å². The summed E-state index contributed by atoms with van der Waals surface area (Å²) in [5.74, 6) is 0.000753. The fourth-order valence-corrected chi connectivity index (χ4v) is 2.55. The van der Waals surface area contributed by atoms with Crippen LogP contribution in [0.2, 0.25) is 0 Å². The largest absolute Gasteiger partial charge is 0.497 e. The lowest BCUT2D eigenvalue weighted by molar-refractivity contribution is -0.0639. The van der Waals surface area contributed by atoms with Crippen molar-refractivity contribution in [3.8, 4) is 5.75 Å². The average molecular weight is 283 g/mol. The first kappa shape index (κ1) is 15.2. The highest BCUT2D eigenvalue weighted by atomic mass is 19.1. The van der Waals surface area contributed by atoms with Gasteiger partial charge in [0.1, 0.15) is 11.6 Å². The maximum atomic E-state index is 14.1. The van der Waals surface area contributed by atoms with Crippen LogP contribution in [0.5, 0.6) is 5.75 Å². The second-order valence-electron chi connectivity index (χ2n) is 5.54. The van der Waals surface area contributed by atoms with Crippen LogP contribution >= 0.6 is 0 Å². The number of nitrogens with zero attached hydrogens (tertiary/aromatic N) is 1. The molecule has 1 saturated heterocycles. The molecule has 1 N–H and O–H groups in total. The predicted molar refractivity (Wildman–Crippen MR) is 74.4 cm³/mol. The van der Waals surface area contributed by atoms with Gasteiger partial charge in [0.15, 0.2) is 0 Å². The normalized spacial score (nSPS) is 18.9. The first-order chi connectivity index (χ1) is 9.46. The van der Waals surface area contributed by atoms with E-state index in [0.717, 1.165) is 13.1 Å². The minimum atomic E-state index is -0.911. The van der Waals surface area contributed by atoms with Crippen LogP contribution in [0.1, 0.15) is 25.5 Å². The molecule has 1 aromatic carbocycles. The number of hydrogen-bond acceptors (Lipinski definition) is 4. The Balaban J connectivity index is 2.22. The zero-order valence-electron chi connectivity index (χ0n) is 12.2. The van der Waals surface area contributed by atoms with E-state index < -0.39 is 17.5 Å². The van der Waals surface area contributed by atoms with Crippen LogP contribution in [0, 0.1) is 5.82 Å². The van der Waals surface area contributed by atoms with Crippen molar-refractivity contribution in [3.63, 3.8) is 0 Å². The Morgan fingerprint density at radius 3 is 2.55 bits per heavy atom. The quantitative estimate of drug-likeness (QED) is 0.917. The average Bonchev–Trinajstić information content (AvgIpc) is 2.47. The maximum absolute atomic E-state index is 14.1. The molecule has 0 saturated carbocycles. The van der Waals surface area contributed by atoms with Gasteiger partial charge in [-0.3, -0.25) is 4.90 Å². The van der Waals surface area contributed by atoms with Gasteiger partial charge in [-0.25, -0.2) is 4.39 Å². The predicted octanol–water partition coefficient (Wildman–Crippen LogP) is 1.98. The van der Waals surface area contributed by atoms with Crippen molar-refractivity contribution in [1.82, 2.24) is 4.90 Å². The van der Waals surface area contributed by atoms with Crippen molar-refractivity contribution < 1.29 is 19.0 Å². The standard InChI is InChI=1S/C15H22FNO3/c1-15(2,17-6-8-20-9-7-17)14(18)12-5-4-11(19-3)10-13(12)16/h4-5,10,14,18H,6-9H2,1-3H3. The number of aliphatic hydroxyl groups is 1. The number of methoxy groups -OCH3 is 1. The molecule has 1 unspecified atom stereocenters. The third kappa shape index (κ3) is 2.95. The first-order valence-electron chi connectivity index (χ1n) is 6.81. The minimum Gasteiger partial charge on any atom is -0.497 e. The van der Waals surface area contributed by atoms with E-state index in [9.17, 15) is 9.50 Å². The molecule has 112 valence electrons. The van der Waals surface area contributed by atoms with E-state index in [1.54, 1.807) is 12.1 Å². The van der Waals surface area contributed by atoms with E-state index in [2.05, 4.69) is 4.90 Å². The number of rotatable bonds is 4. The zero-order valence-corrected chi connectivity index (χ0v) is 12.2. The van der Waals surface area contributed by atoms with Gasteiger partial charge in [-0.15, -0.1) is 0 Å². The summed E-state index contributed by atoms with van der Waals surface area (Å²) in [7, 11) is 1.49.